The van der Waals surface area contributed by atoms with E-state index < -0.39 is 0 Å². The number of ether oxygens (including phenoxy) is 2. The lowest BCUT2D eigenvalue weighted by molar-refractivity contribution is 0.213. The molecule has 0 radical (unpaired) electrons. The van der Waals surface area contributed by atoms with E-state index in [-0.39, 0.29) is 5.60 Å². The van der Waals surface area contributed by atoms with Crippen LogP contribution in [0.2, 0.25) is 0 Å². The van der Waals surface area contributed by atoms with Crippen LogP contribution < -0.4 is 0 Å². The molecule has 0 bridgehead atoms. The van der Waals surface area contributed by atoms with Crippen molar-refractivity contribution in [1.29, 1.82) is 0 Å². The molecule has 0 spiro atoms. The first-order valence-corrected chi connectivity index (χ1v) is 6.17. The zero-order valence-electron chi connectivity index (χ0n) is 10.6. The maximum absolute atomic E-state index is 5.64. The summed E-state index contributed by atoms with van der Waals surface area (Å²) in [6.45, 7) is 5.69. The van der Waals surface area contributed by atoms with Gasteiger partial charge in [0.1, 0.15) is 5.60 Å². The van der Waals surface area contributed by atoms with Gasteiger partial charge >= 0.3 is 0 Å². The molecule has 1 aliphatic rings. The van der Waals surface area contributed by atoms with Gasteiger partial charge in [0.05, 0.1) is 19.5 Å². The summed E-state index contributed by atoms with van der Waals surface area (Å²) in [7, 11) is 0. The minimum absolute atomic E-state index is 0.0183. The van der Waals surface area contributed by atoms with E-state index in [4.69, 9.17) is 9.47 Å². The molecular formula is C15H20O2. The average molecular weight is 232 g/mol. The fourth-order valence-corrected chi connectivity index (χ4v) is 1.95. The van der Waals surface area contributed by atoms with Crippen LogP contribution in [-0.2, 0) is 15.1 Å². The fourth-order valence-electron chi connectivity index (χ4n) is 1.95. The molecule has 1 fully saturated rings. The number of allylic oxidation sites excluding steroid dienone is 1. The van der Waals surface area contributed by atoms with Crippen molar-refractivity contribution in [2.45, 2.75) is 32.3 Å². The molecule has 1 heterocycles. The summed E-state index contributed by atoms with van der Waals surface area (Å²) in [6.07, 6.45) is 3.88. The van der Waals surface area contributed by atoms with Crippen LogP contribution in [0.3, 0.4) is 0 Å². The van der Waals surface area contributed by atoms with Crippen molar-refractivity contribution < 1.29 is 9.47 Å². The molecular weight excluding hydrogens is 212 g/mol. The summed E-state index contributed by atoms with van der Waals surface area (Å²) in [4.78, 5) is 0. The van der Waals surface area contributed by atoms with Gasteiger partial charge in [0.25, 0.3) is 0 Å². The molecule has 1 unspecified atom stereocenters. The molecule has 92 valence electrons. The van der Waals surface area contributed by atoms with Crippen molar-refractivity contribution in [3.8, 4) is 0 Å². The third-order valence-corrected chi connectivity index (χ3v) is 2.95. The second kappa shape index (κ2) is 5.37. The van der Waals surface area contributed by atoms with Gasteiger partial charge in [0, 0.05) is 0 Å². The van der Waals surface area contributed by atoms with Crippen LogP contribution in [-0.4, -0.2) is 13.2 Å². The Morgan fingerprint density at radius 3 is 2.65 bits per heavy atom. The van der Waals surface area contributed by atoms with Crippen LogP contribution in [0.4, 0.5) is 0 Å². The largest absolute Gasteiger partial charge is 0.501 e. The minimum Gasteiger partial charge on any atom is -0.501 e. The van der Waals surface area contributed by atoms with Gasteiger partial charge in [-0.3, -0.25) is 0 Å². The maximum Gasteiger partial charge on any atom is 0.117 e. The van der Waals surface area contributed by atoms with E-state index in [9.17, 15) is 0 Å². The predicted molar refractivity (Wildman–Crippen MR) is 68.7 cm³/mol. The molecule has 0 amide bonds. The molecule has 0 saturated carbocycles. The predicted octanol–water partition coefficient (Wildman–Crippen LogP) is 3.63. The van der Waals surface area contributed by atoms with Gasteiger partial charge in [-0.25, -0.2) is 0 Å². The van der Waals surface area contributed by atoms with Crippen molar-refractivity contribution in [2.24, 2.45) is 0 Å². The van der Waals surface area contributed by atoms with Crippen LogP contribution in [0.25, 0.3) is 0 Å². The first-order chi connectivity index (χ1) is 8.23. The highest BCUT2D eigenvalue weighted by Gasteiger charge is 2.45. The van der Waals surface area contributed by atoms with E-state index in [1.807, 2.05) is 26.2 Å². The van der Waals surface area contributed by atoms with Crippen molar-refractivity contribution in [3.63, 3.8) is 0 Å². The first kappa shape index (κ1) is 12.2. The SMILES string of the molecule is CC(C)=COCCCC1(c2ccccc2)CO1. The van der Waals surface area contributed by atoms with E-state index in [1.165, 1.54) is 11.1 Å². The minimum atomic E-state index is -0.0183. The molecule has 2 rings (SSSR count). The van der Waals surface area contributed by atoms with Gasteiger partial charge in [0.15, 0.2) is 0 Å². The Labute approximate surface area is 103 Å². The van der Waals surface area contributed by atoms with Crippen molar-refractivity contribution >= 4 is 0 Å². The maximum atomic E-state index is 5.64. The fraction of sp³-hybridized carbons (Fsp3) is 0.467. The average Bonchev–Trinajstić information content (AvgIpc) is 3.11. The van der Waals surface area contributed by atoms with Gasteiger partial charge in [-0.1, -0.05) is 30.3 Å². The van der Waals surface area contributed by atoms with E-state index in [1.54, 1.807) is 0 Å². The Kier molecular flexibility index (Phi) is 3.85. The topological polar surface area (TPSA) is 21.8 Å². The Hall–Kier alpha value is -1.28. The number of hydrogen-bond donors (Lipinski definition) is 0. The summed E-state index contributed by atoms with van der Waals surface area (Å²) in [5.74, 6) is 0. The van der Waals surface area contributed by atoms with E-state index in [2.05, 4.69) is 24.3 Å². The van der Waals surface area contributed by atoms with Crippen molar-refractivity contribution in [3.05, 3.63) is 47.7 Å². The monoisotopic (exact) mass is 232 g/mol. The highest BCUT2D eigenvalue weighted by molar-refractivity contribution is 5.26. The first-order valence-electron chi connectivity index (χ1n) is 6.17. The second-order valence-electron chi connectivity index (χ2n) is 4.82. The molecule has 0 aromatic heterocycles. The third-order valence-electron chi connectivity index (χ3n) is 2.95. The van der Waals surface area contributed by atoms with Crippen molar-refractivity contribution in [2.75, 3.05) is 13.2 Å². The summed E-state index contributed by atoms with van der Waals surface area (Å²) in [5.41, 5.74) is 2.47. The van der Waals surface area contributed by atoms with Gasteiger partial charge < -0.3 is 9.47 Å². The number of hydrogen-bond acceptors (Lipinski definition) is 2. The van der Waals surface area contributed by atoms with E-state index >= 15 is 0 Å². The Morgan fingerprint density at radius 2 is 2.06 bits per heavy atom. The molecule has 2 nitrogen and oxygen atoms in total. The van der Waals surface area contributed by atoms with Gasteiger partial charge in [0.2, 0.25) is 0 Å². The van der Waals surface area contributed by atoms with E-state index in [0.717, 1.165) is 26.1 Å². The summed E-state index contributed by atoms with van der Waals surface area (Å²) in [6, 6.07) is 10.5. The Morgan fingerprint density at radius 1 is 1.35 bits per heavy atom. The number of epoxide rings is 1. The third kappa shape index (κ3) is 3.34. The molecule has 17 heavy (non-hydrogen) atoms. The van der Waals surface area contributed by atoms with Crippen LogP contribution in [0.1, 0.15) is 32.3 Å². The zero-order chi connectivity index (χ0) is 12.1. The van der Waals surface area contributed by atoms with Crippen LogP contribution in [0.15, 0.2) is 42.2 Å². The molecule has 1 aliphatic heterocycles. The zero-order valence-corrected chi connectivity index (χ0v) is 10.6. The quantitative estimate of drug-likeness (QED) is 0.424. The summed E-state index contributed by atoms with van der Waals surface area (Å²) in [5, 5.41) is 0. The lowest BCUT2D eigenvalue weighted by Gasteiger charge is -2.11. The lowest BCUT2D eigenvalue weighted by atomic mass is 9.95. The standard InChI is InChI=1S/C15H20O2/c1-13(2)11-16-10-6-9-15(12-17-15)14-7-4-3-5-8-14/h3-5,7-8,11H,6,9-10,12H2,1-2H3. The van der Waals surface area contributed by atoms with Crippen LogP contribution in [0.5, 0.6) is 0 Å². The highest BCUT2D eigenvalue weighted by atomic mass is 16.6. The van der Waals surface area contributed by atoms with Crippen LogP contribution >= 0.6 is 0 Å². The summed E-state index contributed by atoms with van der Waals surface area (Å²) >= 11 is 0. The molecule has 1 atom stereocenters. The summed E-state index contributed by atoms with van der Waals surface area (Å²) < 4.78 is 11.1. The number of rotatable bonds is 6. The smallest absolute Gasteiger partial charge is 0.117 e. The van der Waals surface area contributed by atoms with Crippen LogP contribution in [0, 0.1) is 0 Å². The second-order valence-corrected chi connectivity index (χ2v) is 4.82. The molecule has 1 aromatic rings. The molecule has 1 saturated heterocycles. The van der Waals surface area contributed by atoms with Gasteiger partial charge in [-0.15, -0.1) is 0 Å². The van der Waals surface area contributed by atoms with Gasteiger partial charge in [-0.2, -0.15) is 0 Å². The normalized spacial score (nSPS) is 22.0. The Bertz CT molecular complexity index is 373. The molecule has 0 N–H and O–H groups in total. The Balaban J connectivity index is 1.78. The molecule has 1 aromatic carbocycles. The molecule has 2 heteroatoms. The number of benzene rings is 1. The van der Waals surface area contributed by atoms with Gasteiger partial charge in [-0.05, 0) is 37.8 Å². The highest BCUT2D eigenvalue weighted by Crippen LogP contribution is 2.42. The van der Waals surface area contributed by atoms with E-state index in [0.29, 0.717) is 0 Å². The lowest BCUT2D eigenvalue weighted by Crippen LogP contribution is -2.09. The molecule has 0 aliphatic carbocycles. The van der Waals surface area contributed by atoms with Crippen molar-refractivity contribution in [1.82, 2.24) is 0 Å².